The van der Waals surface area contributed by atoms with E-state index < -0.39 is 0 Å². The van der Waals surface area contributed by atoms with Crippen LogP contribution in [0.5, 0.6) is 0 Å². The van der Waals surface area contributed by atoms with Crippen molar-refractivity contribution in [3.05, 3.63) is 75.8 Å². The zero-order valence-corrected chi connectivity index (χ0v) is 15.0. The van der Waals surface area contributed by atoms with E-state index in [-0.39, 0.29) is 17.5 Å². The van der Waals surface area contributed by atoms with E-state index in [1.54, 1.807) is 18.5 Å². The van der Waals surface area contributed by atoms with Crippen LogP contribution in [0.15, 0.2) is 58.8 Å². The van der Waals surface area contributed by atoms with E-state index in [0.29, 0.717) is 19.5 Å². The highest BCUT2D eigenvalue weighted by atomic mass is 79.9. The predicted molar refractivity (Wildman–Crippen MR) is 95.4 cm³/mol. The van der Waals surface area contributed by atoms with Crippen LogP contribution in [0.2, 0.25) is 0 Å². The van der Waals surface area contributed by atoms with Crippen molar-refractivity contribution < 1.29 is 9.18 Å². The van der Waals surface area contributed by atoms with E-state index in [2.05, 4.69) is 25.8 Å². The zero-order valence-electron chi connectivity index (χ0n) is 13.4. The number of ketones is 1. The lowest BCUT2D eigenvalue weighted by Crippen LogP contribution is -2.39. The Morgan fingerprint density at radius 1 is 1.33 bits per heavy atom. The molecule has 0 aliphatic carbocycles. The van der Waals surface area contributed by atoms with E-state index in [0.717, 1.165) is 21.2 Å². The summed E-state index contributed by atoms with van der Waals surface area (Å²) in [6.07, 6.45) is 6.00. The molecule has 0 radical (unpaired) electrons. The van der Waals surface area contributed by atoms with Crippen molar-refractivity contribution in [2.45, 2.75) is 12.3 Å². The molecule has 124 valence electrons. The fraction of sp³-hybridized carbons (Fsp3) is 0.263. The summed E-state index contributed by atoms with van der Waals surface area (Å²) in [6, 6.07) is 8.43. The topological polar surface area (TPSA) is 33.2 Å². The number of allylic oxidation sites excluding steroid dienone is 1. The second-order valence-electron chi connectivity index (χ2n) is 6.06. The SMILES string of the molecule is CN1CC(=CCc2ccc(F)cc2Br)C(=O)C(c2ccncc2)C1. The Bertz CT molecular complexity index is 776. The number of Topliss-reactive ketones (excluding diaryl/α,β-unsaturated/α-hetero) is 1. The maximum atomic E-state index is 13.2. The van der Waals surface area contributed by atoms with E-state index in [9.17, 15) is 9.18 Å². The highest BCUT2D eigenvalue weighted by molar-refractivity contribution is 9.10. The maximum absolute atomic E-state index is 13.2. The molecule has 1 aromatic carbocycles. The summed E-state index contributed by atoms with van der Waals surface area (Å²) < 4.78 is 13.9. The summed E-state index contributed by atoms with van der Waals surface area (Å²) >= 11 is 3.38. The third kappa shape index (κ3) is 3.79. The number of rotatable bonds is 3. The van der Waals surface area contributed by atoms with Crippen LogP contribution in [0.3, 0.4) is 0 Å². The number of hydrogen-bond donors (Lipinski definition) is 0. The normalized spacial score (nSPS) is 20.5. The maximum Gasteiger partial charge on any atom is 0.168 e. The van der Waals surface area contributed by atoms with Gasteiger partial charge in [0.25, 0.3) is 0 Å². The number of piperidine rings is 1. The number of aromatic nitrogens is 1. The molecular weight excluding hydrogens is 371 g/mol. The number of nitrogens with zero attached hydrogens (tertiary/aromatic N) is 2. The minimum absolute atomic E-state index is 0.158. The summed E-state index contributed by atoms with van der Waals surface area (Å²) in [5, 5.41) is 0. The third-order valence-electron chi connectivity index (χ3n) is 4.26. The summed E-state index contributed by atoms with van der Waals surface area (Å²) in [4.78, 5) is 19.0. The average molecular weight is 389 g/mol. The van der Waals surface area contributed by atoms with Gasteiger partial charge in [0.15, 0.2) is 5.78 Å². The summed E-state index contributed by atoms with van der Waals surface area (Å²) in [5.41, 5.74) is 2.77. The fourth-order valence-electron chi connectivity index (χ4n) is 2.99. The molecule has 0 amide bonds. The minimum atomic E-state index is -0.274. The highest BCUT2D eigenvalue weighted by Crippen LogP contribution is 2.27. The van der Waals surface area contributed by atoms with Crippen molar-refractivity contribution in [1.82, 2.24) is 9.88 Å². The molecule has 1 unspecified atom stereocenters. The van der Waals surface area contributed by atoms with Gasteiger partial charge in [-0.2, -0.15) is 0 Å². The quantitative estimate of drug-likeness (QED) is 0.750. The Hall–Kier alpha value is -1.85. The van der Waals surface area contributed by atoms with Gasteiger partial charge < -0.3 is 4.90 Å². The van der Waals surface area contributed by atoms with Crippen molar-refractivity contribution in [2.75, 3.05) is 20.1 Å². The van der Waals surface area contributed by atoms with Gasteiger partial charge in [0.1, 0.15) is 5.82 Å². The fourth-order valence-corrected chi connectivity index (χ4v) is 3.50. The number of likely N-dealkylation sites (N-methyl/N-ethyl adjacent to an activating group) is 1. The van der Waals surface area contributed by atoms with Gasteiger partial charge in [-0.25, -0.2) is 4.39 Å². The molecule has 0 N–H and O–H groups in total. The van der Waals surface area contributed by atoms with Gasteiger partial charge in [-0.05, 0) is 48.9 Å². The standard InChI is InChI=1S/C19H18BrFN2O/c1-23-11-15(3-2-14-4-5-16(21)10-18(14)20)19(24)17(12-23)13-6-8-22-9-7-13/h3-10,17H,2,11-12H2,1H3. The van der Waals surface area contributed by atoms with Crippen LogP contribution in [0.25, 0.3) is 0 Å². The van der Waals surface area contributed by atoms with Crippen molar-refractivity contribution in [3.8, 4) is 0 Å². The number of likely N-dealkylation sites (tertiary alicyclic amines) is 1. The van der Waals surface area contributed by atoms with Crippen molar-refractivity contribution in [2.24, 2.45) is 0 Å². The smallest absolute Gasteiger partial charge is 0.168 e. The molecule has 5 heteroatoms. The van der Waals surface area contributed by atoms with Crippen LogP contribution in [-0.2, 0) is 11.2 Å². The Morgan fingerprint density at radius 3 is 2.79 bits per heavy atom. The van der Waals surface area contributed by atoms with E-state index >= 15 is 0 Å². The highest BCUT2D eigenvalue weighted by Gasteiger charge is 2.30. The first kappa shape index (κ1) is 17.0. The molecule has 0 spiro atoms. The monoisotopic (exact) mass is 388 g/mol. The summed E-state index contributed by atoms with van der Waals surface area (Å²) in [6.45, 7) is 1.35. The van der Waals surface area contributed by atoms with E-state index in [1.807, 2.05) is 25.3 Å². The number of benzene rings is 1. The lowest BCUT2D eigenvalue weighted by atomic mass is 9.86. The molecule has 0 saturated carbocycles. The lowest BCUT2D eigenvalue weighted by molar-refractivity contribution is -0.118. The number of carbonyl (C=O) groups excluding carboxylic acids is 1. The number of halogens is 2. The molecule has 2 aromatic rings. The molecule has 1 atom stereocenters. The Morgan fingerprint density at radius 2 is 2.08 bits per heavy atom. The minimum Gasteiger partial charge on any atom is -0.301 e. The first-order valence-corrected chi connectivity index (χ1v) is 8.59. The summed E-state index contributed by atoms with van der Waals surface area (Å²) in [5.74, 6) is -0.267. The van der Waals surface area contributed by atoms with Crippen molar-refractivity contribution >= 4 is 21.7 Å². The second-order valence-corrected chi connectivity index (χ2v) is 6.92. The van der Waals surface area contributed by atoms with E-state index in [4.69, 9.17) is 0 Å². The van der Waals surface area contributed by atoms with Gasteiger partial charge >= 0.3 is 0 Å². The first-order chi connectivity index (χ1) is 11.5. The predicted octanol–water partition coefficient (Wildman–Crippen LogP) is 3.75. The van der Waals surface area contributed by atoms with Gasteiger partial charge in [0, 0.05) is 35.5 Å². The van der Waals surface area contributed by atoms with Crippen molar-refractivity contribution in [3.63, 3.8) is 0 Å². The Kier molecular flexibility index (Phi) is 5.21. The molecule has 3 rings (SSSR count). The van der Waals surface area contributed by atoms with Crippen LogP contribution >= 0.6 is 15.9 Å². The number of carbonyl (C=O) groups is 1. The molecule has 0 bridgehead atoms. The molecule has 1 aliphatic heterocycles. The van der Waals surface area contributed by atoms with Crippen LogP contribution in [0.4, 0.5) is 4.39 Å². The lowest BCUT2D eigenvalue weighted by Gasteiger charge is -2.30. The third-order valence-corrected chi connectivity index (χ3v) is 5.00. The van der Waals surface area contributed by atoms with E-state index in [1.165, 1.54) is 12.1 Å². The van der Waals surface area contributed by atoms with Crippen molar-refractivity contribution in [1.29, 1.82) is 0 Å². The first-order valence-electron chi connectivity index (χ1n) is 7.80. The van der Waals surface area contributed by atoms with Crippen LogP contribution in [0, 0.1) is 5.82 Å². The largest absolute Gasteiger partial charge is 0.301 e. The molecule has 1 aliphatic rings. The van der Waals surface area contributed by atoms with Crippen LogP contribution in [-0.4, -0.2) is 35.8 Å². The van der Waals surface area contributed by atoms with Gasteiger partial charge in [0.2, 0.25) is 0 Å². The van der Waals surface area contributed by atoms with Gasteiger partial charge in [-0.1, -0.05) is 28.1 Å². The van der Waals surface area contributed by atoms with Crippen LogP contribution < -0.4 is 0 Å². The molecule has 1 fully saturated rings. The average Bonchev–Trinajstić information content (AvgIpc) is 2.57. The number of pyridine rings is 1. The van der Waals surface area contributed by atoms with Crippen LogP contribution in [0.1, 0.15) is 17.0 Å². The van der Waals surface area contributed by atoms with Gasteiger partial charge in [-0.3, -0.25) is 9.78 Å². The summed E-state index contributed by atoms with van der Waals surface area (Å²) in [7, 11) is 2.02. The second kappa shape index (κ2) is 7.36. The Labute approximate surface area is 149 Å². The molecule has 24 heavy (non-hydrogen) atoms. The Balaban J connectivity index is 1.82. The zero-order chi connectivity index (χ0) is 17.1. The van der Waals surface area contributed by atoms with Gasteiger partial charge in [0.05, 0.1) is 5.92 Å². The molecule has 2 heterocycles. The molecule has 1 aromatic heterocycles. The molecule has 3 nitrogen and oxygen atoms in total. The van der Waals surface area contributed by atoms with Gasteiger partial charge in [-0.15, -0.1) is 0 Å². The molecular formula is C19H18BrFN2O. The number of hydrogen-bond acceptors (Lipinski definition) is 3. The molecule has 1 saturated heterocycles.